The first-order valence-corrected chi connectivity index (χ1v) is 4.45. The van der Waals surface area contributed by atoms with E-state index in [1.54, 1.807) is 0 Å². The number of nitrogens with zero attached hydrogens (tertiary/aromatic N) is 2. The molecule has 1 rings (SSSR count). The fourth-order valence-corrected chi connectivity index (χ4v) is 0.847. The van der Waals surface area contributed by atoms with Gasteiger partial charge in [0.1, 0.15) is 17.9 Å². The molecule has 0 saturated carbocycles. The first-order valence-electron chi connectivity index (χ1n) is 4.45. The summed E-state index contributed by atoms with van der Waals surface area (Å²) in [5.41, 5.74) is 0.210. The highest BCUT2D eigenvalue weighted by molar-refractivity contribution is 5.60. The minimum atomic E-state index is -1.08. The van der Waals surface area contributed by atoms with E-state index >= 15 is 0 Å². The van der Waals surface area contributed by atoms with E-state index in [0.717, 1.165) is 6.92 Å². The van der Waals surface area contributed by atoms with Gasteiger partial charge in [-0.05, 0) is 27.7 Å². The topological polar surface area (TPSA) is 48.9 Å². The molecule has 4 heteroatoms. The number of rotatable bonds is 0. The Morgan fingerprint density at radius 1 is 1.43 bits per heavy atom. The zero-order chi connectivity index (χ0) is 11.4. The molecular formula is C10H18N2O2. The van der Waals surface area contributed by atoms with E-state index in [2.05, 4.69) is 37.9 Å². The van der Waals surface area contributed by atoms with Crippen LogP contribution in [0.1, 0.15) is 27.7 Å². The van der Waals surface area contributed by atoms with Gasteiger partial charge in [-0.2, -0.15) is 0 Å². The van der Waals surface area contributed by atoms with Crippen LogP contribution in [0.5, 0.6) is 0 Å². The zero-order valence-corrected chi connectivity index (χ0v) is 9.44. The average molecular weight is 198 g/mol. The lowest BCUT2D eigenvalue weighted by Gasteiger charge is -2.13. The minimum Gasteiger partial charge on any atom is -0.550 e. The summed E-state index contributed by atoms with van der Waals surface area (Å²) in [6.07, 6.45) is 6.21. The van der Waals surface area contributed by atoms with Crippen molar-refractivity contribution in [3.63, 3.8) is 0 Å². The molecule has 0 aromatic carbocycles. The predicted molar refractivity (Wildman–Crippen MR) is 51.3 cm³/mol. The van der Waals surface area contributed by atoms with E-state index in [1.807, 2.05) is 17.8 Å². The van der Waals surface area contributed by atoms with Gasteiger partial charge in [-0.1, -0.05) is 0 Å². The van der Waals surface area contributed by atoms with Crippen molar-refractivity contribution < 1.29 is 14.5 Å². The minimum absolute atomic E-state index is 0.210. The van der Waals surface area contributed by atoms with Crippen LogP contribution in [0, 0.1) is 0 Å². The maximum atomic E-state index is 8.89. The lowest BCUT2D eigenvalue weighted by Crippen LogP contribution is -2.27. The molecule has 0 radical (unpaired) electrons. The number of carbonyl (C=O) groups excluding carboxylic acids is 1. The number of imidazole rings is 1. The molecule has 0 saturated heterocycles. The third kappa shape index (κ3) is 5.35. The fourth-order valence-electron chi connectivity index (χ4n) is 0.847. The van der Waals surface area contributed by atoms with Crippen molar-refractivity contribution in [2.75, 3.05) is 0 Å². The quantitative estimate of drug-likeness (QED) is 0.543. The summed E-state index contributed by atoms with van der Waals surface area (Å²) in [5, 5.41) is 8.89. The van der Waals surface area contributed by atoms with Crippen LogP contribution in [0.25, 0.3) is 0 Å². The smallest absolute Gasteiger partial charge is 0.243 e. The molecule has 0 amide bonds. The summed E-state index contributed by atoms with van der Waals surface area (Å²) in [6, 6.07) is 0. The van der Waals surface area contributed by atoms with Crippen LogP contribution < -0.4 is 9.67 Å². The van der Waals surface area contributed by atoms with Crippen LogP contribution in [0.15, 0.2) is 18.7 Å². The van der Waals surface area contributed by atoms with Crippen molar-refractivity contribution in [1.82, 2.24) is 4.57 Å². The molecule has 1 aromatic rings. The van der Waals surface area contributed by atoms with Crippen LogP contribution >= 0.6 is 0 Å². The molecule has 1 heterocycles. The first-order chi connectivity index (χ1) is 6.23. The molecular weight excluding hydrogens is 180 g/mol. The van der Waals surface area contributed by atoms with E-state index < -0.39 is 5.97 Å². The molecule has 0 aliphatic heterocycles. The van der Waals surface area contributed by atoms with E-state index in [9.17, 15) is 0 Å². The predicted octanol–water partition coefficient (Wildman–Crippen LogP) is -0.176. The molecule has 0 bridgehead atoms. The van der Waals surface area contributed by atoms with Gasteiger partial charge in [-0.3, -0.25) is 0 Å². The van der Waals surface area contributed by atoms with Gasteiger partial charge in [-0.25, -0.2) is 9.13 Å². The summed E-state index contributed by atoms with van der Waals surface area (Å²) in [6.45, 7) is 7.53. The summed E-state index contributed by atoms with van der Waals surface area (Å²) in [4.78, 5) is 8.89. The maximum Gasteiger partial charge on any atom is 0.243 e. The summed E-state index contributed by atoms with van der Waals surface area (Å²) >= 11 is 0. The number of carboxylic acid groups (broad SMARTS) is 1. The molecule has 1 aromatic heterocycles. The van der Waals surface area contributed by atoms with Crippen LogP contribution in [0.4, 0.5) is 0 Å². The van der Waals surface area contributed by atoms with E-state index in [-0.39, 0.29) is 5.54 Å². The van der Waals surface area contributed by atoms with Gasteiger partial charge < -0.3 is 9.90 Å². The van der Waals surface area contributed by atoms with Crippen molar-refractivity contribution in [3.05, 3.63) is 18.7 Å². The van der Waals surface area contributed by atoms with Crippen molar-refractivity contribution in [2.45, 2.75) is 33.2 Å². The lowest BCUT2D eigenvalue weighted by atomic mass is 10.1. The van der Waals surface area contributed by atoms with E-state index in [4.69, 9.17) is 9.90 Å². The molecule has 0 aliphatic rings. The number of aryl methyl sites for hydroxylation is 1. The first kappa shape index (κ1) is 12.7. The number of hydrogen-bond donors (Lipinski definition) is 0. The molecule has 14 heavy (non-hydrogen) atoms. The molecule has 0 fully saturated rings. The van der Waals surface area contributed by atoms with Gasteiger partial charge in [-0.15, -0.1) is 0 Å². The number of carbonyl (C=O) groups is 1. The monoisotopic (exact) mass is 198 g/mol. The second-order valence-corrected chi connectivity index (χ2v) is 4.15. The Bertz CT molecular complexity index is 293. The van der Waals surface area contributed by atoms with Crippen LogP contribution in [-0.2, 0) is 17.4 Å². The SMILES string of the molecule is CC(=O)[O-].C[n+]1ccn(C(C)(C)C)c1. The summed E-state index contributed by atoms with van der Waals surface area (Å²) in [7, 11) is 2.03. The third-order valence-corrected chi connectivity index (χ3v) is 1.54. The highest BCUT2D eigenvalue weighted by Gasteiger charge is 2.17. The van der Waals surface area contributed by atoms with Gasteiger partial charge >= 0.3 is 0 Å². The molecule has 0 N–H and O–H groups in total. The van der Waals surface area contributed by atoms with Gasteiger partial charge in [0.25, 0.3) is 0 Å². The Morgan fingerprint density at radius 3 is 2.00 bits per heavy atom. The summed E-state index contributed by atoms with van der Waals surface area (Å²) in [5.74, 6) is -1.08. The fraction of sp³-hybridized carbons (Fsp3) is 0.600. The lowest BCUT2D eigenvalue weighted by molar-refractivity contribution is -0.671. The molecule has 4 nitrogen and oxygen atoms in total. The Morgan fingerprint density at radius 2 is 1.86 bits per heavy atom. The standard InChI is InChI=1S/C8H15N2.C2H4O2/c1-8(2,3)10-6-5-9(4)7-10;1-2(3)4/h5-7H,1-4H3;1H3,(H,3,4)/q+1;/p-1. The number of hydrogen-bond acceptors (Lipinski definition) is 2. The number of aliphatic carboxylic acids is 1. The second-order valence-electron chi connectivity index (χ2n) is 4.15. The highest BCUT2D eigenvalue weighted by atomic mass is 16.4. The van der Waals surface area contributed by atoms with E-state index in [1.165, 1.54) is 0 Å². The maximum absolute atomic E-state index is 8.89. The second kappa shape index (κ2) is 4.79. The Hall–Kier alpha value is -1.32. The van der Waals surface area contributed by atoms with Gasteiger partial charge in [0.2, 0.25) is 6.33 Å². The van der Waals surface area contributed by atoms with Crippen molar-refractivity contribution in [1.29, 1.82) is 0 Å². The molecule has 0 spiro atoms. The molecule has 80 valence electrons. The van der Waals surface area contributed by atoms with Crippen LogP contribution in [0.3, 0.4) is 0 Å². The van der Waals surface area contributed by atoms with Gasteiger partial charge in [0, 0.05) is 5.97 Å². The zero-order valence-electron chi connectivity index (χ0n) is 9.44. The van der Waals surface area contributed by atoms with Crippen molar-refractivity contribution in [3.8, 4) is 0 Å². The van der Waals surface area contributed by atoms with Crippen LogP contribution in [0.2, 0.25) is 0 Å². The third-order valence-electron chi connectivity index (χ3n) is 1.54. The van der Waals surface area contributed by atoms with E-state index in [0.29, 0.717) is 0 Å². The normalized spacial score (nSPS) is 10.4. The largest absolute Gasteiger partial charge is 0.550 e. The molecule has 0 atom stereocenters. The molecule has 0 unspecified atom stereocenters. The number of aromatic nitrogens is 2. The average Bonchev–Trinajstić information content (AvgIpc) is 2.32. The van der Waals surface area contributed by atoms with Crippen molar-refractivity contribution in [2.24, 2.45) is 7.05 Å². The number of carboxylic acids is 1. The van der Waals surface area contributed by atoms with Gasteiger partial charge in [0.05, 0.1) is 7.05 Å². The Balaban J connectivity index is 0.000000364. The summed E-state index contributed by atoms with van der Waals surface area (Å²) < 4.78 is 4.23. The Kier molecular flexibility index (Phi) is 4.34. The van der Waals surface area contributed by atoms with Crippen molar-refractivity contribution >= 4 is 5.97 Å². The molecule has 0 aliphatic carbocycles. The van der Waals surface area contributed by atoms with Crippen LogP contribution in [-0.4, -0.2) is 10.5 Å². The Labute approximate surface area is 84.8 Å². The highest BCUT2D eigenvalue weighted by Crippen LogP contribution is 2.10. The van der Waals surface area contributed by atoms with Gasteiger partial charge in [0.15, 0.2) is 0 Å².